The van der Waals surface area contributed by atoms with E-state index >= 15 is 0 Å². The summed E-state index contributed by atoms with van der Waals surface area (Å²) in [6.45, 7) is 0.465. The van der Waals surface area contributed by atoms with Crippen LogP contribution in [-0.4, -0.2) is 19.4 Å². The smallest absolute Gasteiger partial charge is 0.211 e. The molecule has 1 N–H and O–H groups in total. The van der Waals surface area contributed by atoms with Crippen molar-refractivity contribution in [2.75, 3.05) is 11.0 Å². The summed E-state index contributed by atoms with van der Waals surface area (Å²) in [5.74, 6) is 0. The number of alkyl halides is 1. The Morgan fingerprint density at radius 1 is 1.21 bits per heavy atom. The van der Waals surface area contributed by atoms with Gasteiger partial charge in [0.2, 0.25) is 10.0 Å². The Morgan fingerprint density at radius 2 is 2.05 bits per heavy atom. The third kappa shape index (κ3) is 3.83. The van der Waals surface area contributed by atoms with E-state index in [2.05, 4.69) is 36.0 Å². The zero-order valence-corrected chi connectivity index (χ0v) is 14.0. The minimum absolute atomic E-state index is 0.215. The van der Waals surface area contributed by atoms with Gasteiger partial charge in [-0.05, 0) is 29.4 Å². The Bertz CT molecular complexity index is 625. The van der Waals surface area contributed by atoms with Crippen LogP contribution in [0.3, 0.4) is 0 Å². The molecule has 1 heterocycles. The van der Waals surface area contributed by atoms with E-state index in [1.165, 1.54) is 0 Å². The normalized spacial score (nSPS) is 13.3. The fourth-order valence-corrected chi connectivity index (χ4v) is 4.06. The Balaban J connectivity index is 2.05. The first-order chi connectivity index (χ1) is 9.15. The maximum Gasteiger partial charge on any atom is 0.242 e. The monoisotopic (exact) mass is 411 g/mol. The Morgan fingerprint density at radius 3 is 2.84 bits per heavy atom. The number of benzene rings is 1. The molecular weight excluding hydrogens is 397 g/mol. The van der Waals surface area contributed by atoms with Crippen LogP contribution in [0, 0.1) is 0 Å². The highest BCUT2D eigenvalue weighted by Crippen LogP contribution is 2.37. The molecule has 0 radical (unpaired) electrons. The zero-order chi connectivity index (χ0) is 13.7. The number of hydrogen-bond donors (Lipinski definition) is 1. The fraction of sp³-hybridized carbons (Fsp3) is 0.455. The summed E-state index contributed by atoms with van der Waals surface area (Å²) in [6, 6.07) is 5.02. The highest BCUT2D eigenvalue weighted by atomic mass is 127. The number of sulfonamides is 1. The summed E-state index contributed by atoms with van der Waals surface area (Å²) in [5, 5.41) is 0. The van der Waals surface area contributed by atoms with Crippen molar-refractivity contribution in [2.45, 2.75) is 24.2 Å². The second kappa shape index (κ2) is 6.91. The number of nitrogens with zero attached hydrogens (tertiary/aromatic N) is 2. The van der Waals surface area contributed by atoms with Gasteiger partial charge < -0.3 is 0 Å². The highest BCUT2D eigenvalue weighted by Gasteiger charge is 2.21. The van der Waals surface area contributed by atoms with Gasteiger partial charge in [0.1, 0.15) is 16.3 Å². The zero-order valence-electron chi connectivity index (χ0n) is 10.2. The van der Waals surface area contributed by atoms with Gasteiger partial charge in [-0.1, -0.05) is 35.1 Å². The molecule has 1 aromatic carbocycles. The molecule has 5 nitrogen and oxygen atoms in total. The van der Waals surface area contributed by atoms with Gasteiger partial charge in [-0.25, -0.2) is 13.1 Å². The maximum atomic E-state index is 12.2. The molecule has 19 heavy (non-hydrogen) atoms. The number of rotatable bonds is 7. The van der Waals surface area contributed by atoms with Gasteiger partial charge in [0.25, 0.3) is 0 Å². The van der Waals surface area contributed by atoms with Gasteiger partial charge in [-0.2, -0.15) is 8.73 Å². The van der Waals surface area contributed by atoms with Gasteiger partial charge in [0.05, 0.1) is 11.4 Å². The van der Waals surface area contributed by atoms with Crippen LogP contribution < -0.4 is 4.72 Å². The lowest BCUT2D eigenvalue weighted by molar-refractivity contribution is 0.576. The van der Waals surface area contributed by atoms with Gasteiger partial charge in [0, 0.05) is 6.54 Å². The van der Waals surface area contributed by atoms with Crippen molar-refractivity contribution in [3.63, 3.8) is 0 Å². The molecule has 0 saturated carbocycles. The number of halogens is 1. The molecule has 0 atom stereocenters. The largest absolute Gasteiger partial charge is 0.242 e. The molecule has 0 spiro atoms. The van der Waals surface area contributed by atoms with Crippen molar-refractivity contribution < 1.29 is 8.42 Å². The minimum Gasteiger partial charge on any atom is -0.211 e. The van der Waals surface area contributed by atoms with Crippen molar-refractivity contribution in [3.8, 4) is 0 Å². The van der Waals surface area contributed by atoms with E-state index in [0.717, 1.165) is 35.0 Å². The quantitative estimate of drug-likeness (QED) is 0.432. The predicted octanol–water partition coefficient (Wildman–Crippen LogP) is 3.30. The Hall–Kier alpha value is -0.320. The predicted molar refractivity (Wildman–Crippen MR) is 85.9 cm³/mol. The van der Waals surface area contributed by atoms with Crippen LogP contribution >= 0.6 is 22.6 Å². The van der Waals surface area contributed by atoms with Gasteiger partial charge in [-0.3, -0.25) is 0 Å². The van der Waals surface area contributed by atoms with E-state index in [9.17, 15) is 8.42 Å². The molecule has 0 aromatic heterocycles. The third-order valence-corrected chi connectivity index (χ3v) is 5.44. The summed E-state index contributed by atoms with van der Waals surface area (Å²) < 4.78 is 36.2. The molecule has 2 rings (SSSR count). The van der Waals surface area contributed by atoms with E-state index in [1.807, 2.05) is 0 Å². The first kappa shape index (κ1) is 15.1. The van der Waals surface area contributed by atoms with Crippen molar-refractivity contribution in [1.82, 2.24) is 4.72 Å². The number of hydrogen-bond acceptors (Lipinski definition) is 4. The molecule has 0 aliphatic carbocycles. The molecule has 104 valence electrons. The van der Waals surface area contributed by atoms with Gasteiger partial charge in [-0.15, -0.1) is 0 Å². The average molecular weight is 411 g/mol. The van der Waals surface area contributed by atoms with Crippen LogP contribution in [0.2, 0.25) is 0 Å². The summed E-state index contributed by atoms with van der Waals surface area (Å²) >= 11 is 3.35. The lowest BCUT2D eigenvalue weighted by Crippen LogP contribution is -2.24. The van der Waals surface area contributed by atoms with E-state index in [0.29, 0.717) is 17.9 Å². The standard InChI is InChI=1S/C11H14IN3O2S2/c12-7-2-1-3-8-13-19(16,17)10-6-4-5-9-11(10)15-18-14-9/h4-6,13H,1-3,7-8H2. The summed E-state index contributed by atoms with van der Waals surface area (Å²) in [5.41, 5.74) is 1.07. The highest BCUT2D eigenvalue weighted by molar-refractivity contribution is 14.1. The lowest BCUT2D eigenvalue weighted by atomic mass is 10.3. The van der Waals surface area contributed by atoms with Gasteiger partial charge >= 0.3 is 0 Å². The summed E-state index contributed by atoms with van der Waals surface area (Å²) in [7, 11) is -3.49. The number of fused-ring (bicyclic) bond motifs is 1. The van der Waals surface area contributed by atoms with Crippen molar-refractivity contribution in [1.29, 1.82) is 0 Å². The molecule has 1 aromatic rings. The maximum absolute atomic E-state index is 12.2. The van der Waals surface area contributed by atoms with Crippen LogP contribution in [0.15, 0.2) is 31.8 Å². The summed E-state index contributed by atoms with van der Waals surface area (Å²) in [6.07, 6.45) is 3.01. The van der Waals surface area contributed by atoms with Crippen LogP contribution in [0.4, 0.5) is 11.4 Å². The first-order valence-electron chi connectivity index (χ1n) is 5.92. The van der Waals surface area contributed by atoms with Crippen LogP contribution in [0.5, 0.6) is 0 Å². The topological polar surface area (TPSA) is 70.9 Å². The molecule has 0 fully saturated rings. The summed E-state index contributed by atoms with van der Waals surface area (Å²) in [4.78, 5) is 0.215. The van der Waals surface area contributed by atoms with Crippen molar-refractivity contribution >= 4 is 55.3 Å². The molecule has 0 unspecified atom stereocenters. The first-order valence-corrected chi connectivity index (χ1v) is 9.66. The van der Waals surface area contributed by atoms with Crippen LogP contribution in [0.25, 0.3) is 0 Å². The molecule has 0 saturated heterocycles. The van der Waals surface area contributed by atoms with E-state index < -0.39 is 10.0 Å². The SMILES string of the molecule is O=S(=O)(NCCCCCI)c1cccc2c1N=S=N2. The second-order valence-corrected chi connectivity index (χ2v) is 7.38. The number of unbranched alkanes of at least 4 members (excludes halogenated alkanes) is 2. The molecule has 0 amide bonds. The lowest BCUT2D eigenvalue weighted by Gasteiger charge is -2.08. The van der Waals surface area contributed by atoms with E-state index in [-0.39, 0.29) is 4.90 Å². The van der Waals surface area contributed by atoms with E-state index in [1.54, 1.807) is 18.2 Å². The third-order valence-electron chi connectivity index (χ3n) is 2.64. The van der Waals surface area contributed by atoms with Gasteiger partial charge in [0.15, 0.2) is 0 Å². The molecular formula is C11H14IN3O2S2. The van der Waals surface area contributed by atoms with E-state index in [4.69, 9.17) is 0 Å². The number of nitrogens with one attached hydrogen (secondary N) is 1. The second-order valence-electron chi connectivity index (χ2n) is 4.04. The Labute approximate surface area is 130 Å². The molecule has 0 bridgehead atoms. The van der Waals surface area contributed by atoms with Crippen LogP contribution in [0.1, 0.15) is 19.3 Å². The average Bonchev–Trinajstić information content (AvgIpc) is 2.86. The van der Waals surface area contributed by atoms with Crippen molar-refractivity contribution in [3.05, 3.63) is 18.2 Å². The molecule has 1 aliphatic rings. The minimum atomic E-state index is -3.49. The Kier molecular flexibility index (Phi) is 5.48. The molecule has 1 aliphatic heterocycles. The fourth-order valence-electron chi connectivity index (χ4n) is 1.68. The van der Waals surface area contributed by atoms with Crippen molar-refractivity contribution in [2.24, 2.45) is 8.73 Å². The van der Waals surface area contributed by atoms with Crippen LogP contribution in [-0.2, 0) is 21.4 Å². The molecule has 8 heteroatoms.